The Morgan fingerprint density at radius 2 is 2.00 bits per heavy atom. The number of pyridine rings is 1. The largest absolute Gasteiger partial charge is 0.497 e. The summed E-state index contributed by atoms with van der Waals surface area (Å²) in [6, 6.07) is 7.41. The highest BCUT2D eigenvalue weighted by Gasteiger charge is 2.29. The van der Waals surface area contributed by atoms with Gasteiger partial charge in [0.25, 0.3) is 0 Å². The maximum Gasteiger partial charge on any atom is 0.139 e. The molecule has 0 bridgehead atoms. The van der Waals surface area contributed by atoms with Crippen LogP contribution in [0, 0.1) is 6.92 Å². The van der Waals surface area contributed by atoms with Gasteiger partial charge in [0.15, 0.2) is 0 Å². The zero-order chi connectivity index (χ0) is 20.1. The highest BCUT2D eigenvalue weighted by Crippen LogP contribution is 2.29. The number of nitrogens with one attached hydrogen (secondary N) is 1. The molecule has 0 saturated heterocycles. The average molecular weight is 385 g/mol. The van der Waals surface area contributed by atoms with Gasteiger partial charge < -0.3 is 24.3 Å². The van der Waals surface area contributed by atoms with Crippen LogP contribution in [-0.4, -0.2) is 47.5 Å². The van der Waals surface area contributed by atoms with Crippen LogP contribution in [0.5, 0.6) is 11.5 Å². The fourth-order valence-electron chi connectivity index (χ4n) is 3.06. The second-order valence-corrected chi connectivity index (χ2v) is 6.99. The number of aliphatic hydroxyl groups is 1. The molecule has 150 valence electrons. The first-order chi connectivity index (χ1) is 13.4. The van der Waals surface area contributed by atoms with E-state index in [1.165, 1.54) is 0 Å². The van der Waals surface area contributed by atoms with E-state index < -0.39 is 5.60 Å². The maximum absolute atomic E-state index is 11.1. The van der Waals surface area contributed by atoms with Crippen molar-refractivity contribution in [2.24, 2.45) is 0 Å². The van der Waals surface area contributed by atoms with Crippen molar-refractivity contribution >= 4 is 11.0 Å². The summed E-state index contributed by atoms with van der Waals surface area (Å²) in [6.45, 7) is 4.91. The number of H-pyrrole nitrogens is 1. The standard InChI is InChI=1S/C21H27N3O4/c1-14-18(22-9-8-19(14)28-11-5-10-26-3)13-21(2,25)20-23-16-7-6-15(27-4)12-17(16)24-20/h6-9,12,25H,5,10-11,13H2,1-4H3,(H,23,24). The summed E-state index contributed by atoms with van der Waals surface area (Å²) >= 11 is 0. The third-order valence-corrected chi connectivity index (χ3v) is 4.72. The Bertz CT molecular complexity index is 937. The van der Waals surface area contributed by atoms with E-state index in [9.17, 15) is 5.11 Å². The van der Waals surface area contributed by atoms with Crippen LogP contribution in [0.15, 0.2) is 30.5 Å². The van der Waals surface area contributed by atoms with Gasteiger partial charge in [-0.3, -0.25) is 4.98 Å². The Hall–Kier alpha value is -2.64. The van der Waals surface area contributed by atoms with Gasteiger partial charge in [0, 0.05) is 44.4 Å². The number of hydrogen-bond acceptors (Lipinski definition) is 6. The van der Waals surface area contributed by atoms with Crippen LogP contribution >= 0.6 is 0 Å². The molecule has 0 spiro atoms. The van der Waals surface area contributed by atoms with E-state index in [2.05, 4.69) is 15.0 Å². The molecule has 3 aromatic rings. The van der Waals surface area contributed by atoms with E-state index >= 15 is 0 Å². The van der Waals surface area contributed by atoms with E-state index in [4.69, 9.17) is 14.2 Å². The monoisotopic (exact) mass is 385 g/mol. The van der Waals surface area contributed by atoms with Gasteiger partial charge >= 0.3 is 0 Å². The van der Waals surface area contributed by atoms with Crippen molar-refractivity contribution in [2.75, 3.05) is 27.4 Å². The predicted octanol–water partition coefficient (Wildman–Crippen LogP) is 3.14. The number of imidazole rings is 1. The predicted molar refractivity (Wildman–Crippen MR) is 107 cm³/mol. The number of aromatic amines is 1. The van der Waals surface area contributed by atoms with Crippen molar-refractivity contribution in [1.82, 2.24) is 15.0 Å². The molecule has 7 nitrogen and oxygen atoms in total. The number of aromatic nitrogens is 3. The SMILES string of the molecule is COCCCOc1ccnc(CC(C)(O)c2nc3ccc(OC)cc3[nH]2)c1C. The number of rotatable bonds is 9. The van der Waals surface area contributed by atoms with Crippen LogP contribution < -0.4 is 9.47 Å². The first-order valence-electron chi connectivity index (χ1n) is 9.27. The highest BCUT2D eigenvalue weighted by atomic mass is 16.5. The molecule has 0 aliphatic carbocycles. The van der Waals surface area contributed by atoms with Crippen molar-refractivity contribution in [1.29, 1.82) is 0 Å². The molecule has 0 aliphatic heterocycles. The second-order valence-electron chi connectivity index (χ2n) is 6.99. The summed E-state index contributed by atoms with van der Waals surface area (Å²) in [6.07, 6.45) is 2.83. The third-order valence-electron chi connectivity index (χ3n) is 4.72. The van der Waals surface area contributed by atoms with Crippen LogP contribution in [0.2, 0.25) is 0 Å². The lowest BCUT2D eigenvalue weighted by Gasteiger charge is -2.22. The van der Waals surface area contributed by atoms with Crippen LogP contribution in [0.3, 0.4) is 0 Å². The summed E-state index contributed by atoms with van der Waals surface area (Å²) in [4.78, 5) is 12.2. The molecule has 3 rings (SSSR count). The summed E-state index contributed by atoms with van der Waals surface area (Å²) in [7, 11) is 3.29. The molecule has 0 fully saturated rings. The third kappa shape index (κ3) is 4.43. The topological polar surface area (TPSA) is 89.5 Å². The van der Waals surface area contributed by atoms with Crippen molar-refractivity contribution in [3.05, 3.63) is 47.5 Å². The molecule has 1 atom stereocenters. The van der Waals surface area contributed by atoms with Crippen LogP contribution in [-0.2, 0) is 16.8 Å². The zero-order valence-electron chi connectivity index (χ0n) is 16.8. The molecule has 0 amide bonds. The molecule has 2 N–H and O–H groups in total. The second kappa shape index (κ2) is 8.58. The number of fused-ring (bicyclic) bond motifs is 1. The molecule has 2 aromatic heterocycles. The minimum atomic E-state index is -1.21. The number of ether oxygens (including phenoxy) is 3. The van der Waals surface area contributed by atoms with Gasteiger partial charge in [-0.15, -0.1) is 0 Å². The van der Waals surface area contributed by atoms with Crippen molar-refractivity contribution in [2.45, 2.75) is 32.3 Å². The van der Waals surface area contributed by atoms with Gasteiger partial charge in [-0.05, 0) is 32.0 Å². The van der Waals surface area contributed by atoms with E-state index in [1.54, 1.807) is 27.3 Å². The zero-order valence-corrected chi connectivity index (χ0v) is 16.8. The number of nitrogens with zero attached hydrogens (tertiary/aromatic N) is 2. The molecular weight excluding hydrogens is 358 g/mol. The van der Waals surface area contributed by atoms with E-state index in [-0.39, 0.29) is 0 Å². The van der Waals surface area contributed by atoms with Gasteiger partial charge in [0.05, 0.1) is 30.4 Å². The molecule has 2 heterocycles. The quantitative estimate of drug-likeness (QED) is 0.550. The van der Waals surface area contributed by atoms with Gasteiger partial charge in [-0.1, -0.05) is 0 Å². The lowest BCUT2D eigenvalue weighted by molar-refractivity contribution is 0.0480. The lowest BCUT2D eigenvalue weighted by atomic mass is 9.96. The van der Waals surface area contributed by atoms with Gasteiger partial charge in [0.2, 0.25) is 0 Å². The van der Waals surface area contributed by atoms with Crippen molar-refractivity contribution in [3.8, 4) is 11.5 Å². The minimum absolute atomic E-state index is 0.311. The molecule has 0 aliphatic rings. The normalized spacial score (nSPS) is 13.5. The summed E-state index contributed by atoms with van der Waals surface area (Å²) in [5.74, 6) is 1.99. The maximum atomic E-state index is 11.1. The molecule has 0 radical (unpaired) electrons. The Balaban J connectivity index is 1.80. The number of benzene rings is 1. The summed E-state index contributed by atoms with van der Waals surface area (Å²) in [5.41, 5.74) is 2.06. The minimum Gasteiger partial charge on any atom is -0.497 e. The Labute approximate surface area is 164 Å². The van der Waals surface area contributed by atoms with Gasteiger partial charge in [0.1, 0.15) is 22.9 Å². The van der Waals surface area contributed by atoms with Crippen LogP contribution in [0.4, 0.5) is 0 Å². The Kier molecular flexibility index (Phi) is 6.16. The molecule has 28 heavy (non-hydrogen) atoms. The van der Waals surface area contributed by atoms with E-state index in [0.717, 1.165) is 40.2 Å². The molecule has 1 unspecified atom stereocenters. The summed E-state index contributed by atoms with van der Waals surface area (Å²) < 4.78 is 16.1. The molecular formula is C21H27N3O4. The fourth-order valence-corrected chi connectivity index (χ4v) is 3.06. The van der Waals surface area contributed by atoms with Crippen molar-refractivity contribution < 1.29 is 19.3 Å². The van der Waals surface area contributed by atoms with E-state index in [0.29, 0.717) is 25.5 Å². The lowest BCUT2D eigenvalue weighted by Crippen LogP contribution is -2.27. The van der Waals surface area contributed by atoms with Crippen LogP contribution in [0.1, 0.15) is 30.4 Å². The van der Waals surface area contributed by atoms with Gasteiger partial charge in [-0.25, -0.2) is 4.98 Å². The Morgan fingerprint density at radius 1 is 1.18 bits per heavy atom. The molecule has 0 saturated carbocycles. The number of methoxy groups -OCH3 is 2. The number of hydrogen-bond donors (Lipinski definition) is 2. The summed E-state index contributed by atoms with van der Waals surface area (Å²) in [5, 5.41) is 11.1. The smallest absolute Gasteiger partial charge is 0.139 e. The molecule has 7 heteroatoms. The molecule has 1 aromatic carbocycles. The van der Waals surface area contributed by atoms with Crippen molar-refractivity contribution in [3.63, 3.8) is 0 Å². The first-order valence-corrected chi connectivity index (χ1v) is 9.27. The van der Waals surface area contributed by atoms with E-state index in [1.807, 2.05) is 31.2 Å². The Morgan fingerprint density at radius 3 is 2.75 bits per heavy atom. The first kappa shape index (κ1) is 20.1. The highest BCUT2D eigenvalue weighted by molar-refractivity contribution is 5.77. The van der Waals surface area contributed by atoms with Gasteiger partial charge in [-0.2, -0.15) is 0 Å². The van der Waals surface area contributed by atoms with Crippen LogP contribution in [0.25, 0.3) is 11.0 Å². The average Bonchev–Trinajstić information content (AvgIpc) is 3.12. The fraction of sp³-hybridized carbons (Fsp3) is 0.429.